The number of halogens is 1. The molecule has 4 bridgehead atoms. The van der Waals surface area contributed by atoms with E-state index in [1.165, 1.54) is 25.2 Å². The van der Waals surface area contributed by atoms with Gasteiger partial charge in [-0.05, 0) is 44.0 Å². The van der Waals surface area contributed by atoms with Crippen LogP contribution in [0.3, 0.4) is 0 Å². The van der Waals surface area contributed by atoms with Crippen LogP contribution < -0.4 is 15.0 Å². The summed E-state index contributed by atoms with van der Waals surface area (Å²) in [4.78, 5) is 27.0. The van der Waals surface area contributed by atoms with Crippen molar-refractivity contribution in [3.8, 4) is 5.75 Å². The predicted molar refractivity (Wildman–Crippen MR) is 143 cm³/mol. The summed E-state index contributed by atoms with van der Waals surface area (Å²) in [5.74, 6) is -0.0859. The van der Waals surface area contributed by atoms with Gasteiger partial charge in [-0.2, -0.15) is 0 Å². The topological polar surface area (TPSA) is 110 Å². The molecule has 0 spiro atoms. The number of anilines is 1. The Hall–Kier alpha value is -2.85. The van der Waals surface area contributed by atoms with Crippen molar-refractivity contribution in [2.45, 2.75) is 63.3 Å². The molecule has 9 nitrogen and oxygen atoms in total. The molecule has 2 N–H and O–H groups in total. The Morgan fingerprint density at radius 3 is 2.68 bits per heavy atom. The van der Waals surface area contributed by atoms with Gasteiger partial charge in [0, 0.05) is 32.6 Å². The minimum absolute atomic E-state index is 0.0941. The predicted octanol–water partition coefficient (Wildman–Crippen LogP) is 3.92. The van der Waals surface area contributed by atoms with Crippen LogP contribution in [0.15, 0.2) is 48.1 Å². The molecular weight excluding hydrogens is 512 g/mol. The Morgan fingerprint density at radius 2 is 2.00 bits per heavy atom. The molecule has 2 amide bonds. The van der Waals surface area contributed by atoms with Crippen molar-refractivity contribution in [2.24, 2.45) is 5.92 Å². The summed E-state index contributed by atoms with van der Waals surface area (Å²) in [6.45, 7) is 5.72. The summed E-state index contributed by atoms with van der Waals surface area (Å²) >= 11 is 6.58. The van der Waals surface area contributed by atoms with Crippen molar-refractivity contribution in [3.63, 3.8) is 0 Å². The zero-order valence-electron chi connectivity index (χ0n) is 22.5. The Morgan fingerprint density at radius 1 is 1.26 bits per heavy atom. The fourth-order valence-corrected chi connectivity index (χ4v) is 5.47. The van der Waals surface area contributed by atoms with Crippen molar-refractivity contribution in [1.82, 2.24) is 5.32 Å². The highest BCUT2D eigenvalue weighted by molar-refractivity contribution is 6.35. The number of amides is 2. The molecule has 10 heteroatoms. The number of nitrogens with zero attached hydrogens (tertiary/aromatic N) is 1. The summed E-state index contributed by atoms with van der Waals surface area (Å²) < 4.78 is 22.5. The number of alkyl carbamates (subject to hydrolysis) is 1. The molecule has 1 aromatic rings. The lowest BCUT2D eigenvalue weighted by Gasteiger charge is -2.42. The number of likely N-dealkylation sites (N-methyl/N-ethyl adjacent to an activating group) is 1. The third-order valence-corrected chi connectivity index (χ3v) is 7.84. The van der Waals surface area contributed by atoms with Crippen LogP contribution in [0, 0.1) is 5.92 Å². The zero-order valence-corrected chi connectivity index (χ0v) is 23.2. The second kappa shape index (κ2) is 10.7. The van der Waals surface area contributed by atoms with Crippen molar-refractivity contribution in [2.75, 3.05) is 26.2 Å². The van der Waals surface area contributed by atoms with E-state index in [1.54, 1.807) is 25.3 Å². The van der Waals surface area contributed by atoms with Crippen molar-refractivity contribution in [1.29, 1.82) is 0 Å². The van der Waals surface area contributed by atoms with E-state index in [0.717, 1.165) is 11.1 Å². The lowest BCUT2D eigenvalue weighted by Crippen LogP contribution is -2.63. The first kappa shape index (κ1) is 28.2. The molecule has 0 aromatic heterocycles. The fourth-order valence-electron chi connectivity index (χ4n) is 5.16. The van der Waals surface area contributed by atoms with E-state index in [-0.39, 0.29) is 24.3 Å². The Bertz CT molecular complexity index is 1200. The highest BCUT2D eigenvalue weighted by atomic mass is 35.5. The minimum Gasteiger partial charge on any atom is -0.495 e. The first-order valence-corrected chi connectivity index (χ1v) is 12.9. The molecule has 206 valence electrons. The van der Waals surface area contributed by atoms with Crippen molar-refractivity contribution < 1.29 is 33.6 Å². The number of rotatable bonds is 2. The van der Waals surface area contributed by atoms with Gasteiger partial charge in [0.05, 0.1) is 18.9 Å². The molecule has 3 aliphatic rings. The van der Waals surface area contributed by atoms with Gasteiger partial charge in [-0.25, -0.2) is 4.79 Å². The lowest BCUT2D eigenvalue weighted by molar-refractivity contribution is -0.142. The van der Waals surface area contributed by atoms with Gasteiger partial charge in [0.25, 0.3) is 5.91 Å². The second-order valence-electron chi connectivity index (χ2n) is 10.4. The van der Waals surface area contributed by atoms with Gasteiger partial charge in [-0.1, -0.05) is 42.3 Å². The lowest BCUT2D eigenvalue weighted by atomic mass is 9.85. The first-order chi connectivity index (χ1) is 17.9. The van der Waals surface area contributed by atoms with E-state index in [9.17, 15) is 14.7 Å². The molecule has 38 heavy (non-hydrogen) atoms. The molecule has 1 aromatic carbocycles. The highest BCUT2D eigenvalue weighted by Gasteiger charge is 2.58. The number of carbonyl (C=O) groups excluding carboxylic acids is 2. The van der Waals surface area contributed by atoms with E-state index >= 15 is 0 Å². The number of fused-ring (bicyclic) bond motifs is 5. The van der Waals surface area contributed by atoms with E-state index in [2.05, 4.69) is 5.32 Å². The Kier molecular flexibility index (Phi) is 7.95. The monoisotopic (exact) mass is 546 g/mol. The molecule has 0 saturated carbocycles. The standard InChI is InChI=1S/C28H35ClN2O7/c1-16-8-7-9-22(36-6)28(34)15-21(37-26(33)30-28)17(2)25-27(3,38-25)11-10-23(32)31(4)19-13-18(12-16)14-20(35-5)24(19)29/h7-11,13-14,17,21-22,25,34H,12,15H2,1-6H3,(H,30,33)/b9-7?,11-10+,16-8+. The van der Waals surface area contributed by atoms with Gasteiger partial charge in [0.15, 0.2) is 5.72 Å². The van der Waals surface area contributed by atoms with E-state index < -0.39 is 29.6 Å². The largest absolute Gasteiger partial charge is 0.495 e. The molecule has 6 atom stereocenters. The van der Waals surface area contributed by atoms with Gasteiger partial charge in [0.2, 0.25) is 0 Å². The van der Waals surface area contributed by atoms with Crippen LogP contribution in [0.5, 0.6) is 5.75 Å². The van der Waals surface area contributed by atoms with E-state index in [4.69, 9.17) is 30.5 Å². The second-order valence-corrected chi connectivity index (χ2v) is 10.7. The van der Waals surface area contributed by atoms with E-state index in [0.29, 0.717) is 22.9 Å². The summed E-state index contributed by atoms with van der Waals surface area (Å²) in [5, 5.41) is 14.3. The molecule has 6 unspecified atom stereocenters. The number of hydrogen-bond donors (Lipinski definition) is 2. The average molecular weight is 547 g/mol. The number of methoxy groups -OCH3 is 2. The quantitative estimate of drug-likeness (QED) is 0.541. The summed E-state index contributed by atoms with van der Waals surface area (Å²) in [6, 6.07) is 3.70. The van der Waals surface area contributed by atoms with Crippen LogP contribution in [-0.2, 0) is 25.4 Å². The Labute approximate surface area is 228 Å². The van der Waals surface area contributed by atoms with Gasteiger partial charge in [0.1, 0.15) is 28.6 Å². The van der Waals surface area contributed by atoms with Crippen LogP contribution in [0.1, 0.15) is 32.8 Å². The molecule has 0 aliphatic carbocycles. The van der Waals surface area contributed by atoms with E-state index in [1.807, 2.05) is 39.0 Å². The number of hydrogen-bond acceptors (Lipinski definition) is 7. The number of aliphatic hydroxyl groups is 1. The first-order valence-electron chi connectivity index (χ1n) is 12.5. The highest BCUT2D eigenvalue weighted by Crippen LogP contribution is 2.46. The van der Waals surface area contributed by atoms with Gasteiger partial charge in [-0.15, -0.1) is 0 Å². The number of ether oxygens (including phenoxy) is 4. The number of carbonyl (C=O) groups is 2. The molecule has 4 rings (SSSR count). The third kappa shape index (κ3) is 5.61. The average Bonchev–Trinajstić information content (AvgIpc) is 3.55. The molecule has 3 aliphatic heterocycles. The van der Waals surface area contributed by atoms with Gasteiger partial charge >= 0.3 is 6.09 Å². The van der Waals surface area contributed by atoms with Crippen LogP contribution in [0.25, 0.3) is 0 Å². The molecular formula is C28H35ClN2O7. The summed E-state index contributed by atoms with van der Waals surface area (Å²) in [5.41, 5.74) is 0.00882. The maximum Gasteiger partial charge on any atom is 0.409 e. The van der Waals surface area contributed by atoms with Crippen LogP contribution in [0.4, 0.5) is 10.5 Å². The molecule has 3 heterocycles. The van der Waals surface area contributed by atoms with Gasteiger partial charge in [-0.3, -0.25) is 10.1 Å². The molecule has 2 fully saturated rings. The zero-order chi connectivity index (χ0) is 27.8. The molecule has 0 radical (unpaired) electrons. The number of benzene rings is 1. The smallest absolute Gasteiger partial charge is 0.409 e. The van der Waals surface area contributed by atoms with Crippen LogP contribution in [0.2, 0.25) is 5.02 Å². The van der Waals surface area contributed by atoms with Crippen molar-refractivity contribution >= 4 is 29.3 Å². The minimum atomic E-state index is -1.68. The third-order valence-electron chi connectivity index (χ3n) is 7.46. The normalized spacial score (nSPS) is 35.9. The van der Waals surface area contributed by atoms with Crippen LogP contribution in [-0.4, -0.2) is 68.0 Å². The maximum atomic E-state index is 13.1. The molecule has 2 saturated heterocycles. The number of nitrogens with one attached hydrogen (secondary N) is 1. The summed E-state index contributed by atoms with van der Waals surface area (Å²) in [7, 11) is 4.66. The van der Waals surface area contributed by atoms with Crippen LogP contribution >= 0.6 is 11.6 Å². The SMILES string of the molecule is COc1cc2cc(c1Cl)N(C)C(=O)/C=C/C1(C)OC1C(C)C1CC(O)(NC(=O)O1)C(OC)C=C/C=C(\C)C2. The van der Waals surface area contributed by atoms with Gasteiger partial charge < -0.3 is 29.0 Å². The van der Waals surface area contributed by atoms with Crippen molar-refractivity contribution in [3.05, 3.63) is 58.7 Å². The summed E-state index contributed by atoms with van der Waals surface area (Å²) in [6.07, 6.45) is 6.68. The maximum absolute atomic E-state index is 13.1. The number of epoxide rings is 1. The Balaban J connectivity index is 1.75. The fraction of sp³-hybridized carbons (Fsp3) is 0.500. The number of allylic oxidation sites excluding steroid dienone is 3.